The van der Waals surface area contributed by atoms with Gasteiger partial charge in [0.25, 0.3) is 0 Å². The first-order valence-corrected chi connectivity index (χ1v) is 37.6. The molecule has 486 valence electrons. The molecule has 2 unspecified atom stereocenters. The number of aliphatic hydroxyl groups excluding tert-OH is 2. The third-order valence-electron chi connectivity index (χ3n) is 17.8. The molecule has 0 saturated carbocycles. The summed E-state index contributed by atoms with van der Waals surface area (Å²) in [5.41, 5.74) is 0. The predicted molar refractivity (Wildman–Crippen MR) is 361 cm³/mol. The quantitative estimate of drug-likeness (QED) is 0.0320. The van der Waals surface area contributed by atoms with E-state index in [2.05, 4.69) is 43.5 Å². The highest BCUT2D eigenvalue weighted by molar-refractivity contribution is 5.76. The molecule has 0 aromatic rings. The van der Waals surface area contributed by atoms with Crippen LogP contribution in [0.2, 0.25) is 0 Å². The molecule has 0 radical (unpaired) electrons. The number of carbonyl (C=O) groups is 2. The molecule has 0 heterocycles. The van der Waals surface area contributed by atoms with E-state index in [0.717, 1.165) is 51.4 Å². The lowest BCUT2D eigenvalue weighted by Crippen LogP contribution is -2.45. The first kappa shape index (κ1) is 80.3. The Morgan fingerprint density at radius 2 is 0.622 bits per heavy atom. The van der Waals surface area contributed by atoms with Crippen LogP contribution in [0.3, 0.4) is 0 Å². The van der Waals surface area contributed by atoms with Gasteiger partial charge in [0, 0.05) is 12.8 Å². The van der Waals surface area contributed by atoms with Crippen LogP contribution in [0.15, 0.2) is 24.3 Å². The molecule has 0 aliphatic rings. The van der Waals surface area contributed by atoms with Crippen molar-refractivity contribution < 1.29 is 24.5 Å². The Hall–Kier alpha value is -1.66. The number of unbranched alkanes of at least 4 members (excludes halogenated alkanes) is 56. The van der Waals surface area contributed by atoms with E-state index < -0.39 is 12.1 Å². The number of allylic oxidation sites excluding steroid dienone is 4. The normalized spacial score (nSPS) is 12.6. The summed E-state index contributed by atoms with van der Waals surface area (Å²) in [6.45, 7) is 4.95. The molecule has 6 heteroatoms. The number of aliphatic hydroxyl groups is 2. The van der Waals surface area contributed by atoms with Crippen molar-refractivity contribution in [3.63, 3.8) is 0 Å². The molecule has 3 N–H and O–H groups in total. The maximum Gasteiger partial charge on any atom is 0.305 e. The molecular weight excluding hydrogens is 1010 g/mol. The van der Waals surface area contributed by atoms with Crippen LogP contribution >= 0.6 is 0 Å². The first-order valence-electron chi connectivity index (χ1n) is 37.6. The van der Waals surface area contributed by atoms with Crippen LogP contribution < -0.4 is 5.32 Å². The van der Waals surface area contributed by atoms with Gasteiger partial charge in [-0.2, -0.15) is 0 Å². The maximum absolute atomic E-state index is 12.6. The molecule has 82 heavy (non-hydrogen) atoms. The van der Waals surface area contributed by atoms with Crippen molar-refractivity contribution in [2.24, 2.45) is 0 Å². The van der Waals surface area contributed by atoms with Gasteiger partial charge in [0.1, 0.15) is 0 Å². The van der Waals surface area contributed by atoms with Gasteiger partial charge in [0.05, 0.1) is 25.4 Å². The molecular formula is C76H147NO5. The molecule has 0 fully saturated rings. The van der Waals surface area contributed by atoms with Gasteiger partial charge in [0.15, 0.2) is 0 Å². The largest absolute Gasteiger partial charge is 0.466 e. The van der Waals surface area contributed by atoms with Crippen molar-refractivity contribution in [3.05, 3.63) is 24.3 Å². The van der Waals surface area contributed by atoms with Crippen molar-refractivity contribution >= 4 is 11.9 Å². The van der Waals surface area contributed by atoms with Crippen molar-refractivity contribution in [3.8, 4) is 0 Å². The van der Waals surface area contributed by atoms with Crippen LogP contribution in [0.25, 0.3) is 0 Å². The van der Waals surface area contributed by atoms with Crippen LogP contribution in [0, 0.1) is 0 Å². The molecule has 6 nitrogen and oxygen atoms in total. The van der Waals surface area contributed by atoms with Gasteiger partial charge in [-0.3, -0.25) is 9.59 Å². The van der Waals surface area contributed by atoms with E-state index in [-0.39, 0.29) is 18.5 Å². The molecule has 0 bridgehead atoms. The lowest BCUT2D eigenvalue weighted by atomic mass is 10.0. The lowest BCUT2D eigenvalue weighted by molar-refractivity contribution is -0.143. The van der Waals surface area contributed by atoms with Crippen LogP contribution in [-0.4, -0.2) is 47.4 Å². The zero-order chi connectivity index (χ0) is 59.2. The number of nitrogens with one attached hydrogen (secondary N) is 1. The lowest BCUT2D eigenvalue weighted by Gasteiger charge is -2.22. The molecule has 0 spiro atoms. The number of esters is 1. The smallest absolute Gasteiger partial charge is 0.305 e. The fraction of sp³-hybridized carbons (Fsp3) is 0.921. The Morgan fingerprint density at radius 3 is 0.963 bits per heavy atom. The minimum absolute atomic E-state index is 0.00678. The summed E-state index contributed by atoms with van der Waals surface area (Å²) in [6, 6.07) is -0.539. The van der Waals surface area contributed by atoms with Crippen LogP contribution in [-0.2, 0) is 14.3 Å². The Morgan fingerprint density at radius 1 is 0.341 bits per heavy atom. The zero-order valence-electron chi connectivity index (χ0n) is 55.8. The second kappa shape index (κ2) is 71.8. The van der Waals surface area contributed by atoms with E-state index in [1.54, 1.807) is 0 Å². The summed E-state index contributed by atoms with van der Waals surface area (Å²) in [4.78, 5) is 24.6. The molecule has 0 saturated heterocycles. The SMILES string of the molecule is CCCC/C=C\C/C=C\CCCCCCCC(=O)OCCCCCCCCCCCCCCCCCCCCCCCCCCCCCCCCCC(=O)NC(CO)C(O)CCCCCCCCCCCCCCCCCCCCCC. The van der Waals surface area contributed by atoms with Gasteiger partial charge in [0.2, 0.25) is 5.91 Å². The number of rotatable bonds is 71. The zero-order valence-corrected chi connectivity index (χ0v) is 55.8. The molecule has 0 aliphatic heterocycles. The number of hydrogen-bond acceptors (Lipinski definition) is 5. The second-order valence-corrected chi connectivity index (χ2v) is 26.0. The highest BCUT2D eigenvalue weighted by Gasteiger charge is 2.20. The third kappa shape index (κ3) is 67.5. The van der Waals surface area contributed by atoms with Gasteiger partial charge < -0.3 is 20.3 Å². The predicted octanol–water partition coefficient (Wildman–Crippen LogP) is 24.5. The van der Waals surface area contributed by atoms with Crippen LogP contribution in [0.5, 0.6) is 0 Å². The van der Waals surface area contributed by atoms with E-state index in [9.17, 15) is 19.8 Å². The molecule has 1 amide bonds. The summed E-state index contributed by atoms with van der Waals surface area (Å²) in [6.07, 6.45) is 91.1. The van der Waals surface area contributed by atoms with Crippen molar-refractivity contribution in [2.45, 2.75) is 437 Å². The Balaban J connectivity index is 3.33. The monoisotopic (exact) mass is 1150 g/mol. The molecule has 0 aliphatic carbocycles. The topological polar surface area (TPSA) is 95.9 Å². The fourth-order valence-electron chi connectivity index (χ4n) is 12.0. The molecule has 0 aromatic carbocycles. The van der Waals surface area contributed by atoms with Gasteiger partial charge in [-0.1, -0.05) is 385 Å². The van der Waals surface area contributed by atoms with Crippen LogP contribution in [0.1, 0.15) is 425 Å². The highest BCUT2D eigenvalue weighted by Crippen LogP contribution is 2.20. The average molecular weight is 1160 g/mol. The Kier molecular flexibility index (Phi) is 70.4. The maximum atomic E-state index is 12.6. The standard InChI is InChI=1S/C76H147NO5/c1-3-5-7-9-11-13-15-17-19-20-21-35-38-41-44-48-52-56-60-64-68-74(79)73(72-78)77-75(80)69-65-61-57-53-49-45-42-39-36-33-31-29-27-25-23-22-24-26-28-30-32-34-37-40-43-47-51-55-59-63-67-71-82-76(81)70-66-62-58-54-50-46-18-16-14-12-10-8-6-4-2/h10,12,16,18,73-74,78-79H,3-9,11,13-15,17,19-72H2,1-2H3,(H,77,80)/b12-10-,18-16-. The summed E-state index contributed by atoms with van der Waals surface area (Å²) in [7, 11) is 0. The van der Waals surface area contributed by atoms with Gasteiger partial charge in [-0.05, 0) is 51.4 Å². The van der Waals surface area contributed by atoms with Gasteiger partial charge in [-0.15, -0.1) is 0 Å². The molecule has 2 atom stereocenters. The number of amides is 1. The summed E-state index contributed by atoms with van der Waals surface area (Å²) < 4.78 is 5.49. The van der Waals surface area contributed by atoms with Crippen molar-refractivity contribution in [2.75, 3.05) is 13.2 Å². The fourth-order valence-corrected chi connectivity index (χ4v) is 12.0. The second-order valence-electron chi connectivity index (χ2n) is 26.0. The number of hydrogen-bond donors (Lipinski definition) is 3. The van der Waals surface area contributed by atoms with Crippen LogP contribution in [0.4, 0.5) is 0 Å². The van der Waals surface area contributed by atoms with Crippen molar-refractivity contribution in [1.82, 2.24) is 5.32 Å². The Labute approximate surface area is 513 Å². The first-order chi connectivity index (χ1) is 40.5. The third-order valence-corrected chi connectivity index (χ3v) is 17.8. The van der Waals surface area contributed by atoms with E-state index in [0.29, 0.717) is 25.9 Å². The number of carbonyl (C=O) groups excluding carboxylic acids is 2. The summed E-state index contributed by atoms with van der Waals surface area (Å²) in [5, 5.41) is 23.4. The van der Waals surface area contributed by atoms with E-state index >= 15 is 0 Å². The van der Waals surface area contributed by atoms with Gasteiger partial charge in [-0.25, -0.2) is 0 Å². The summed E-state index contributed by atoms with van der Waals surface area (Å²) in [5.74, 6) is -0.0192. The summed E-state index contributed by atoms with van der Waals surface area (Å²) >= 11 is 0. The van der Waals surface area contributed by atoms with E-state index in [4.69, 9.17) is 4.74 Å². The van der Waals surface area contributed by atoms with E-state index in [1.807, 2.05) is 0 Å². The minimum atomic E-state index is -0.662. The average Bonchev–Trinajstić information content (AvgIpc) is 3.48. The van der Waals surface area contributed by atoms with Crippen molar-refractivity contribution in [1.29, 1.82) is 0 Å². The Bertz CT molecular complexity index is 1280. The van der Waals surface area contributed by atoms with Gasteiger partial charge >= 0.3 is 5.97 Å². The molecule has 0 aromatic heterocycles. The minimum Gasteiger partial charge on any atom is -0.466 e. The molecule has 0 rings (SSSR count). The van der Waals surface area contributed by atoms with E-state index in [1.165, 1.54) is 340 Å². The highest BCUT2D eigenvalue weighted by atomic mass is 16.5. The number of ether oxygens (including phenoxy) is 1.